The van der Waals surface area contributed by atoms with Crippen LogP contribution in [0.15, 0.2) is 9.64 Å². The molecule has 1 spiro atoms. The first-order valence-electron chi connectivity index (χ1n) is 7.10. The van der Waals surface area contributed by atoms with Crippen LogP contribution < -0.4 is 0 Å². The van der Waals surface area contributed by atoms with Crippen LogP contribution >= 0.6 is 23.5 Å². The molecule has 3 rings (SSSR count). The van der Waals surface area contributed by atoms with Crippen molar-refractivity contribution in [3.05, 3.63) is 5.89 Å². The van der Waals surface area contributed by atoms with Crippen molar-refractivity contribution in [2.24, 2.45) is 0 Å². The van der Waals surface area contributed by atoms with Crippen molar-refractivity contribution in [1.29, 1.82) is 0 Å². The first kappa shape index (κ1) is 15.2. The molecule has 1 aromatic rings. The first-order chi connectivity index (χ1) is 10.2. The Kier molecular flexibility index (Phi) is 4.75. The van der Waals surface area contributed by atoms with Gasteiger partial charge >= 0.3 is 11.9 Å². The summed E-state index contributed by atoms with van der Waals surface area (Å²) in [6.45, 7) is 2.81. The molecule has 2 saturated heterocycles. The molecule has 21 heavy (non-hydrogen) atoms. The van der Waals surface area contributed by atoms with Crippen LogP contribution in [0.4, 0.5) is 0 Å². The number of rotatable bonds is 4. The molecule has 0 aliphatic carbocycles. The molecule has 2 aliphatic heterocycles. The van der Waals surface area contributed by atoms with Crippen molar-refractivity contribution in [2.75, 3.05) is 24.7 Å². The highest BCUT2D eigenvalue weighted by atomic mass is 32.2. The lowest BCUT2D eigenvalue weighted by Crippen LogP contribution is -2.40. The maximum absolute atomic E-state index is 11.5. The van der Waals surface area contributed by atoms with Crippen LogP contribution in [0.1, 0.15) is 36.9 Å². The number of carbonyl (C=O) groups is 1. The Bertz CT molecular complexity index is 502. The molecule has 0 saturated carbocycles. The van der Waals surface area contributed by atoms with Gasteiger partial charge in [0, 0.05) is 17.6 Å². The zero-order chi connectivity index (χ0) is 14.7. The molecule has 2 fully saturated rings. The normalized spacial score (nSPS) is 28.9. The van der Waals surface area contributed by atoms with Gasteiger partial charge in [0.15, 0.2) is 0 Å². The van der Waals surface area contributed by atoms with Crippen molar-refractivity contribution in [3.8, 4) is 0 Å². The summed E-state index contributed by atoms with van der Waals surface area (Å²) < 4.78 is 16.2. The Morgan fingerprint density at radius 2 is 2.48 bits per heavy atom. The lowest BCUT2D eigenvalue weighted by atomic mass is 9.93. The number of esters is 1. The van der Waals surface area contributed by atoms with E-state index in [0.717, 1.165) is 31.6 Å². The minimum atomic E-state index is -0.563. The minimum Gasteiger partial charge on any atom is -0.459 e. The molecule has 0 amide bonds. The third kappa shape index (κ3) is 3.54. The van der Waals surface area contributed by atoms with Gasteiger partial charge in [0.05, 0.1) is 12.2 Å². The van der Waals surface area contributed by atoms with Gasteiger partial charge in [-0.15, -0.1) is 5.10 Å². The molecule has 2 unspecified atom stereocenters. The van der Waals surface area contributed by atoms with E-state index in [-0.39, 0.29) is 11.5 Å². The van der Waals surface area contributed by atoms with Crippen LogP contribution in [-0.2, 0) is 9.47 Å². The fourth-order valence-electron chi connectivity index (χ4n) is 2.62. The summed E-state index contributed by atoms with van der Waals surface area (Å²) in [6.07, 6.45) is 3.09. The minimum absolute atomic E-state index is 0.0323. The highest BCUT2D eigenvalue weighted by Crippen LogP contribution is 2.42. The van der Waals surface area contributed by atoms with Crippen molar-refractivity contribution >= 4 is 29.5 Å². The van der Waals surface area contributed by atoms with Crippen LogP contribution in [0.3, 0.4) is 0 Å². The molecule has 0 radical (unpaired) electrons. The van der Waals surface area contributed by atoms with Gasteiger partial charge in [-0.1, -0.05) is 16.9 Å². The predicted octanol–water partition coefficient (Wildman–Crippen LogP) is 2.39. The molecule has 2 atom stereocenters. The zero-order valence-corrected chi connectivity index (χ0v) is 13.5. The molecule has 1 aromatic heterocycles. The molecular formula is C13H18N2O4S2. The zero-order valence-electron chi connectivity index (χ0n) is 11.9. The maximum Gasteiger partial charge on any atom is 0.396 e. The fraction of sp³-hybridized carbons (Fsp3) is 0.769. The fourth-order valence-corrected chi connectivity index (χ4v) is 5.10. The molecular weight excluding hydrogens is 312 g/mol. The van der Waals surface area contributed by atoms with Gasteiger partial charge in [-0.25, -0.2) is 4.79 Å². The van der Waals surface area contributed by atoms with E-state index >= 15 is 0 Å². The number of hydrogen-bond acceptors (Lipinski definition) is 8. The highest BCUT2D eigenvalue weighted by molar-refractivity contribution is 8.00. The Morgan fingerprint density at radius 1 is 1.57 bits per heavy atom. The van der Waals surface area contributed by atoms with E-state index in [2.05, 4.69) is 10.2 Å². The Labute approximate surface area is 131 Å². The number of thioether (sulfide) groups is 2. The van der Waals surface area contributed by atoms with Crippen LogP contribution in [0.5, 0.6) is 0 Å². The highest BCUT2D eigenvalue weighted by Gasteiger charge is 2.41. The van der Waals surface area contributed by atoms with Gasteiger partial charge in [0.1, 0.15) is 0 Å². The van der Waals surface area contributed by atoms with Crippen LogP contribution in [0, 0.1) is 0 Å². The number of aromatic nitrogens is 2. The summed E-state index contributed by atoms with van der Waals surface area (Å²) in [5, 5.41) is 8.50. The van der Waals surface area contributed by atoms with Crippen LogP contribution in [-0.4, -0.2) is 51.7 Å². The van der Waals surface area contributed by atoms with E-state index in [0.29, 0.717) is 17.1 Å². The molecule has 0 N–H and O–H groups in total. The second kappa shape index (κ2) is 6.58. The standard InChI is InChI=1S/C13H18N2O4S2/c1-2-17-11(16)10-14-15-12(19-10)21-9-3-5-18-13(7-9)4-6-20-8-13/h9H,2-8H2,1H3. The summed E-state index contributed by atoms with van der Waals surface area (Å²) in [5.74, 6) is 1.61. The third-order valence-electron chi connectivity index (χ3n) is 3.64. The average molecular weight is 330 g/mol. The Hall–Kier alpha value is -0.730. The van der Waals surface area contributed by atoms with Crippen molar-refractivity contribution in [1.82, 2.24) is 10.2 Å². The molecule has 116 valence electrons. The summed E-state index contributed by atoms with van der Waals surface area (Å²) >= 11 is 3.50. The molecule has 3 heterocycles. The monoisotopic (exact) mass is 330 g/mol. The third-order valence-corrected chi connectivity index (χ3v) is 5.96. The topological polar surface area (TPSA) is 74.5 Å². The quantitative estimate of drug-likeness (QED) is 0.779. The average Bonchev–Trinajstić information content (AvgIpc) is 3.10. The number of hydrogen-bond donors (Lipinski definition) is 0. The van der Waals surface area contributed by atoms with Gasteiger partial charge < -0.3 is 13.9 Å². The molecule has 0 aromatic carbocycles. The lowest BCUT2D eigenvalue weighted by Gasteiger charge is -2.36. The van der Waals surface area contributed by atoms with E-state index in [1.807, 2.05) is 11.8 Å². The first-order valence-corrected chi connectivity index (χ1v) is 9.13. The largest absolute Gasteiger partial charge is 0.459 e. The van der Waals surface area contributed by atoms with Crippen molar-refractivity contribution in [3.63, 3.8) is 0 Å². The predicted molar refractivity (Wildman–Crippen MR) is 79.8 cm³/mol. The van der Waals surface area contributed by atoms with Crippen LogP contribution in [0.25, 0.3) is 0 Å². The molecule has 6 nitrogen and oxygen atoms in total. The van der Waals surface area contributed by atoms with Crippen LogP contribution in [0.2, 0.25) is 0 Å². The van der Waals surface area contributed by atoms with E-state index < -0.39 is 5.97 Å². The second-order valence-corrected chi connectivity index (χ2v) is 7.52. The Balaban J connectivity index is 1.60. The molecule has 2 aliphatic rings. The Morgan fingerprint density at radius 3 is 3.24 bits per heavy atom. The second-order valence-electron chi connectivity index (χ2n) is 5.16. The van der Waals surface area contributed by atoms with Gasteiger partial charge in [0.25, 0.3) is 5.22 Å². The summed E-state index contributed by atoms with van der Waals surface area (Å²) in [7, 11) is 0. The summed E-state index contributed by atoms with van der Waals surface area (Å²) in [5.41, 5.74) is 0.0323. The number of carbonyl (C=O) groups excluding carboxylic acids is 1. The number of nitrogens with zero attached hydrogens (tertiary/aromatic N) is 2. The van der Waals surface area contributed by atoms with E-state index in [9.17, 15) is 4.79 Å². The maximum atomic E-state index is 11.5. The molecule has 8 heteroatoms. The lowest BCUT2D eigenvalue weighted by molar-refractivity contribution is -0.0563. The number of ether oxygens (including phenoxy) is 2. The van der Waals surface area contributed by atoms with Crippen molar-refractivity contribution in [2.45, 2.75) is 42.3 Å². The SMILES string of the molecule is CCOC(=O)c1nnc(SC2CCOC3(CCSC3)C2)o1. The van der Waals surface area contributed by atoms with E-state index in [1.54, 1.807) is 18.7 Å². The van der Waals surface area contributed by atoms with Crippen molar-refractivity contribution < 1.29 is 18.7 Å². The summed E-state index contributed by atoms with van der Waals surface area (Å²) in [4.78, 5) is 11.5. The van der Waals surface area contributed by atoms with Gasteiger partial charge in [-0.3, -0.25) is 0 Å². The van der Waals surface area contributed by atoms with Gasteiger partial charge in [-0.05, 0) is 31.9 Å². The smallest absolute Gasteiger partial charge is 0.396 e. The van der Waals surface area contributed by atoms with Gasteiger partial charge in [-0.2, -0.15) is 11.8 Å². The van der Waals surface area contributed by atoms with Gasteiger partial charge in [0.2, 0.25) is 0 Å². The molecule has 0 bridgehead atoms. The van der Waals surface area contributed by atoms with E-state index in [4.69, 9.17) is 13.9 Å². The summed E-state index contributed by atoms with van der Waals surface area (Å²) in [6, 6.07) is 0. The van der Waals surface area contributed by atoms with E-state index in [1.165, 1.54) is 5.75 Å².